The van der Waals surface area contributed by atoms with Crippen molar-refractivity contribution in [2.45, 2.75) is 19.7 Å². The van der Waals surface area contributed by atoms with Crippen molar-refractivity contribution in [1.82, 2.24) is 5.32 Å². The molecule has 3 aromatic rings. The lowest BCUT2D eigenvalue weighted by molar-refractivity contribution is 0.0697. The molecule has 3 rings (SSSR count). The van der Waals surface area contributed by atoms with E-state index in [-0.39, 0.29) is 12.4 Å². The molecule has 0 saturated heterocycles. The number of hydrogen-bond acceptors (Lipinski definition) is 3. The van der Waals surface area contributed by atoms with E-state index >= 15 is 0 Å². The van der Waals surface area contributed by atoms with Gasteiger partial charge >= 0.3 is 5.97 Å². The van der Waals surface area contributed by atoms with Crippen molar-refractivity contribution in [3.8, 4) is 5.75 Å². The molecule has 7 heteroatoms. The van der Waals surface area contributed by atoms with Gasteiger partial charge in [0.15, 0.2) is 0 Å². The molecule has 0 heterocycles. The molecule has 0 spiro atoms. The Bertz CT molecular complexity index is 947. The zero-order valence-corrected chi connectivity index (χ0v) is 18.6. The van der Waals surface area contributed by atoms with Crippen LogP contribution in [0.3, 0.4) is 0 Å². The van der Waals surface area contributed by atoms with Crippen LogP contribution in [0.4, 0.5) is 0 Å². The minimum atomic E-state index is -0.914. The monoisotopic (exact) mass is 495 g/mol. The number of halogens is 3. The molecule has 3 aromatic carbocycles. The predicted molar refractivity (Wildman–Crippen MR) is 121 cm³/mol. The fourth-order valence-electron chi connectivity index (χ4n) is 2.63. The summed E-state index contributed by atoms with van der Waals surface area (Å²) in [4.78, 5) is 10.9. The van der Waals surface area contributed by atoms with Crippen LogP contribution in [0.25, 0.3) is 0 Å². The van der Waals surface area contributed by atoms with Crippen LogP contribution < -0.4 is 10.1 Å². The highest BCUT2D eigenvalue weighted by molar-refractivity contribution is 9.10. The zero-order valence-electron chi connectivity index (χ0n) is 15.4. The maximum Gasteiger partial charge on any atom is 0.335 e. The van der Waals surface area contributed by atoms with Gasteiger partial charge in [-0.15, -0.1) is 12.4 Å². The summed E-state index contributed by atoms with van der Waals surface area (Å²) in [7, 11) is 0. The van der Waals surface area contributed by atoms with E-state index in [1.807, 2.05) is 54.6 Å². The second-order valence-corrected chi connectivity index (χ2v) is 7.58. The van der Waals surface area contributed by atoms with Crippen molar-refractivity contribution in [1.29, 1.82) is 0 Å². The highest BCUT2D eigenvalue weighted by Gasteiger charge is 2.05. The summed E-state index contributed by atoms with van der Waals surface area (Å²) < 4.78 is 6.76. The molecule has 0 atom stereocenters. The Balaban J connectivity index is 0.00000300. The van der Waals surface area contributed by atoms with Gasteiger partial charge in [0, 0.05) is 18.1 Å². The maximum absolute atomic E-state index is 10.9. The molecule has 0 aromatic heterocycles. The molecule has 0 fully saturated rings. The van der Waals surface area contributed by atoms with Gasteiger partial charge in [-0.05, 0) is 69.0 Å². The van der Waals surface area contributed by atoms with E-state index < -0.39 is 5.97 Å². The van der Waals surface area contributed by atoms with Gasteiger partial charge in [-0.3, -0.25) is 0 Å². The van der Waals surface area contributed by atoms with Gasteiger partial charge in [-0.2, -0.15) is 0 Å². The summed E-state index contributed by atoms with van der Waals surface area (Å²) in [6, 6.07) is 20.4. The molecule has 0 aliphatic carbocycles. The van der Waals surface area contributed by atoms with Crippen LogP contribution in [0.2, 0.25) is 5.02 Å². The Labute approximate surface area is 189 Å². The fraction of sp³-hybridized carbons (Fsp3) is 0.136. The summed E-state index contributed by atoms with van der Waals surface area (Å²) in [5.74, 6) is -0.134. The van der Waals surface area contributed by atoms with Crippen LogP contribution in [0, 0.1) is 0 Å². The van der Waals surface area contributed by atoms with Crippen LogP contribution in [-0.2, 0) is 19.7 Å². The van der Waals surface area contributed by atoms with Gasteiger partial charge in [0.1, 0.15) is 12.4 Å². The Kier molecular flexibility index (Phi) is 8.99. The van der Waals surface area contributed by atoms with Gasteiger partial charge in [-0.1, -0.05) is 41.9 Å². The first kappa shape index (κ1) is 23.2. The average Bonchev–Trinajstić information content (AvgIpc) is 2.69. The smallest absolute Gasteiger partial charge is 0.335 e. The van der Waals surface area contributed by atoms with E-state index in [0.717, 1.165) is 26.9 Å². The van der Waals surface area contributed by atoms with Crippen molar-refractivity contribution in [2.24, 2.45) is 0 Å². The first-order chi connectivity index (χ1) is 13.5. The molecule has 4 nitrogen and oxygen atoms in total. The van der Waals surface area contributed by atoms with Crippen molar-refractivity contribution in [3.05, 3.63) is 98.5 Å². The van der Waals surface area contributed by atoms with E-state index in [4.69, 9.17) is 21.4 Å². The summed E-state index contributed by atoms with van der Waals surface area (Å²) in [5.41, 5.74) is 3.50. The molecule has 152 valence electrons. The van der Waals surface area contributed by atoms with Crippen molar-refractivity contribution in [2.75, 3.05) is 0 Å². The molecular weight excluding hydrogens is 477 g/mol. The minimum Gasteiger partial charge on any atom is -0.488 e. The van der Waals surface area contributed by atoms with E-state index in [9.17, 15) is 4.79 Å². The third-order valence-corrected chi connectivity index (χ3v) is 5.03. The summed E-state index contributed by atoms with van der Waals surface area (Å²) in [5, 5.41) is 13.0. The largest absolute Gasteiger partial charge is 0.488 e. The van der Waals surface area contributed by atoms with Crippen LogP contribution in [-0.4, -0.2) is 11.1 Å². The van der Waals surface area contributed by atoms with Crippen molar-refractivity contribution >= 4 is 45.9 Å². The summed E-state index contributed by atoms with van der Waals surface area (Å²) in [6.45, 7) is 1.82. The Morgan fingerprint density at radius 2 is 1.52 bits per heavy atom. The Morgan fingerprint density at radius 3 is 2.14 bits per heavy atom. The average molecular weight is 497 g/mol. The van der Waals surface area contributed by atoms with Crippen LogP contribution in [0.15, 0.2) is 71.2 Å². The lowest BCUT2D eigenvalue weighted by atomic mass is 10.1. The first-order valence-electron chi connectivity index (χ1n) is 8.70. The lowest BCUT2D eigenvalue weighted by Gasteiger charge is -2.11. The number of aromatic carboxylic acids is 1. The number of benzene rings is 3. The number of carboxylic acid groups (broad SMARTS) is 1. The molecule has 0 unspecified atom stereocenters. The van der Waals surface area contributed by atoms with Gasteiger partial charge in [0.2, 0.25) is 0 Å². The van der Waals surface area contributed by atoms with Crippen molar-refractivity contribution in [3.63, 3.8) is 0 Å². The highest BCUT2D eigenvalue weighted by Crippen LogP contribution is 2.27. The number of rotatable bonds is 8. The number of ether oxygens (including phenoxy) is 1. The normalized spacial score (nSPS) is 10.3. The third-order valence-electron chi connectivity index (χ3n) is 4.16. The summed E-state index contributed by atoms with van der Waals surface area (Å²) in [6.07, 6.45) is 0. The van der Waals surface area contributed by atoms with Crippen LogP contribution >= 0.6 is 39.9 Å². The fourth-order valence-corrected chi connectivity index (χ4v) is 3.30. The quantitative estimate of drug-likeness (QED) is 0.396. The predicted octanol–water partition coefficient (Wildman–Crippen LogP) is 6.09. The van der Waals surface area contributed by atoms with Gasteiger partial charge in [-0.25, -0.2) is 4.79 Å². The topological polar surface area (TPSA) is 58.6 Å². The maximum atomic E-state index is 10.9. The molecule has 2 N–H and O–H groups in total. The molecule has 0 aliphatic heterocycles. The lowest BCUT2D eigenvalue weighted by Crippen LogP contribution is -2.12. The van der Waals surface area contributed by atoms with Gasteiger partial charge in [0.25, 0.3) is 0 Å². The standard InChI is InChI=1S/C22H19BrClNO3.ClH/c23-20-11-17(13-25-12-15-1-6-18(7-2-15)22(26)27)5-10-21(20)28-14-16-3-8-19(24)9-4-16;/h1-11,25H,12-14H2,(H,26,27);1H. The number of hydrogen-bond donors (Lipinski definition) is 2. The van der Waals surface area contributed by atoms with Gasteiger partial charge in [0.05, 0.1) is 10.0 Å². The van der Waals surface area contributed by atoms with E-state index in [0.29, 0.717) is 30.3 Å². The molecule has 0 amide bonds. The van der Waals surface area contributed by atoms with E-state index in [2.05, 4.69) is 21.2 Å². The second kappa shape index (κ2) is 11.2. The van der Waals surface area contributed by atoms with Crippen LogP contribution in [0.1, 0.15) is 27.0 Å². The molecule has 0 radical (unpaired) electrons. The molecule has 0 bridgehead atoms. The number of carbonyl (C=O) groups is 1. The first-order valence-corrected chi connectivity index (χ1v) is 9.87. The Morgan fingerprint density at radius 1 is 0.931 bits per heavy atom. The molecule has 0 aliphatic rings. The Hall–Kier alpha value is -2.05. The van der Waals surface area contributed by atoms with Crippen LogP contribution in [0.5, 0.6) is 5.75 Å². The van der Waals surface area contributed by atoms with E-state index in [1.54, 1.807) is 12.1 Å². The molecular formula is C22H20BrCl2NO3. The summed E-state index contributed by atoms with van der Waals surface area (Å²) >= 11 is 9.45. The number of carboxylic acids is 1. The molecule has 29 heavy (non-hydrogen) atoms. The zero-order chi connectivity index (χ0) is 19.9. The van der Waals surface area contributed by atoms with Gasteiger partial charge < -0.3 is 15.2 Å². The minimum absolute atomic E-state index is 0. The van der Waals surface area contributed by atoms with E-state index in [1.165, 1.54) is 0 Å². The molecule has 0 saturated carbocycles. The SMILES string of the molecule is Cl.O=C(O)c1ccc(CNCc2ccc(OCc3ccc(Cl)cc3)c(Br)c2)cc1. The second-order valence-electron chi connectivity index (χ2n) is 6.29. The highest BCUT2D eigenvalue weighted by atomic mass is 79.9. The van der Waals surface area contributed by atoms with Crippen molar-refractivity contribution < 1.29 is 14.6 Å². The third kappa shape index (κ3) is 7.05. The number of nitrogens with one attached hydrogen (secondary N) is 1.